The Morgan fingerprint density at radius 3 is 2.38 bits per heavy atom. The second-order valence-corrected chi connectivity index (χ2v) is 5.70. The first-order chi connectivity index (χ1) is 9.95. The highest BCUT2D eigenvalue weighted by Crippen LogP contribution is 2.02. The molecule has 0 unspecified atom stereocenters. The maximum Gasteiger partial charge on any atom is 0.242 e. The van der Waals surface area contributed by atoms with Crippen LogP contribution in [0.15, 0.2) is 0 Å². The third kappa shape index (κ3) is 5.99. The SMILES string of the molecule is COCCN1CCN(C(=O)CNC(=O)[C@@H](N)C(C)C)CC1. The molecule has 1 aliphatic rings. The Hall–Kier alpha value is -1.18. The van der Waals surface area contributed by atoms with Crippen LogP contribution in [-0.2, 0) is 14.3 Å². The molecule has 0 aromatic heterocycles. The fraction of sp³-hybridized carbons (Fsp3) is 0.857. The predicted octanol–water partition coefficient (Wildman–Crippen LogP) is -1.12. The zero-order chi connectivity index (χ0) is 15.8. The molecule has 7 nitrogen and oxygen atoms in total. The molecule has 1 atom stereocenters. The molecule has 0 aromatic rings. The molecule has 0 bridgehead atoms. The molecular formula is C14H28N4O3. The van der Waals surface area contributed by atoms with Gasteiger partial charge in [0.05, 0.1) is 19.2 Å². The molecule has 2 amide bonds. The Kier molecular flexibility index (Phi) is 7.63. The molecule has 122 valence electrons. The van der Waals surface area contributed by atoms with Crippen LogP contribution in [0, 0.1) is 5.92 Å². The predicted molar refractivity (Wildman–Crippen MR) is 80.7 cm³/mol. The summed E-state index contributed by atoms with van der Waals surface area (Å²) in [6.45, 7) is 8.44. The number of ether oxygens (including phenoxy) is 1. The molecule has 0 saturated carbocycles. The van der Waals surface area contributed by atoms with Crippen molar-refractivity contribution in [3.63, 3.8) is 0 Å². The molecule has 3 N–H and O–H groups in total. The maximum absolute atomic E-state index is 12.0. The van der Waals surface area contributed by atoms with E-state index in [4.69, 9.17) is 10.5 Å². The number of nitrogens with one attached hydrogen (secondary N) is 1. The Balaban J connectivity index is 2.26. The average Bonchev–Trinajstić information content (AvgIpc) is 2.49. The van der Waals surface area contributed by atoms with Gasteiger partial charge in [-0.05, 0) is 5.92 Å². The Morgan fingerprint density at radius 2 is 1.86 bits per heavy atom. The Morgan fingerprint density at radius 1 is 1.24 bits per heavy atom. The summed E-state index contributed by atoms with van der Waals surface area (Å²) >= 11 is 0. The monoisotopic (exact) mass is 300 g/mol. The normalized spacial score (nSPS) is 17.9. The summed E-state index contributed by atoms with van der Waals surface area (Å²) in [7, 11) is 1.68. The summed E-state index contributed by atoms with van der Waals surface area (Å²) in [5.41, 5.74) is 5.73. The van der Waals surface area contributed by atoms with Gasteiger partial charge in [0.1, 0.15) is 0 Å². The topological polar surface area (TPSA) is 87.9 Å². The summed E-state index contributed by atoms with van der Waals surface area (Å²) in [5.74, 6) is -0.257. The molecule has 1 aliphatic heterocycles. The number of piperazine rings is 1. The van der Waals surface area contributed by atoms with Crippen molar-refractivity contribution in [2.24, 2.45) is 11.7 Å². The van der Waals surface area contributed by atoms with Crippen molar-refractivity contribution >= 4 is 11.8 Å². The van der Waals surface area contributed by atoms with Gasteiger partial charge in [0, 0.05) is 39.8 Å². The van der Waals surface area contributed by atoms with Gasteiger partial charge in [0.2, 0.25) is 11.8 Å². The fourth-order valence-electron chi connectivity index (χ4n) is 2.14. The first-order valence-corrected chi connectivity index (χ1v) is 7.48. The minimum Gasteiger partial charge on any atom is -0.383 e. The smallest absolute Gasteiger partial charge is 0.242 e. The van der Waals surface area contributed by atoms with E-state index in [0.717, 1.165) is 19.6 Å². The molecule has 0 radical (unpaired) electrons. The van der Waals surface area contributed by atoms with Crippen LogP contribution in [0.5, 0.6) is 0 Å². The van der Waals surface area contributed by atoms with Crippen molar-refractivity contribution in [2.75, 3.05) is 53.0 Å². The molecule has 0 aliphatic carbocycles. The Bertz CT molecular complexity index is 341. The van der Waals surface area contributed by atoms with E-state index in [0.29, 0.717) is 19.7 Å². The van der Waals surface area contributed by atoms with E-state index >= 15 is 0 Å². The van der Waals surface area contributed by atoms with E-state index in [1.54, 1.807) is 12.0 Å². The number of amides is 2. The molecule has 1 heterocycles. The lowest BCUT2D eigenvalue weighted by atomic mass is 10.1. The van der Waals surface area contributed by atoms with Crippen LogP contribution in [0.3, 0.4) is 0 Å². The van der Waals surface area contributed by atoms with Crippen molar-refractivity contribution < 1.29 is 14.3 Å². The van der Waals surface area contributed by atoms with E-state index in [1.165, 1.54) is 0 Å². The van der Waals surface area contributed by atoms with Gasteiger partial charge in [-0.15, -0.1) is 0 Å². The highest BCUT2D eigenvalue weighted by molar-refractivity contribution is 5.87. The van der Waals surface area contributed by atoms with Gasteiger partial charge in [0.15, 0.2) is 0 Å². The molecule has 1 saturated heterocycles. The van der Waals surface area contributed by atoms with Gasteiger partial charge in [-0.1, -0.05) is 13.8 Å². The van der Waals surface area contributed by atoms with E-state index in [1.807, 2.05) is 13.8 Å². The van der Waals surface area contributed by atoms with Gasteiger partial charge >= 0.3 is 0 Å². The number of carbonyl (C=O) groups is 2. The van der Waals surface area contributed by atoms with Gasteiger partial charge < -0.3 is 20.7 Å². The van der Waals surface area contributed by atoms with E-state index < -0.39 is 6.04 Å². The van der Waals surface area contributed by atoms with Crippen LogP contribution >= 0.6 is 0 Å². The van der Waals surface area contributed by atoms with Crippen LogP contribution in [0.25, 0.3) is 0 Å². The summed E-state index contributed by atoms with van der Waals surface area (Å²) in [6.07, 6.45) is 0. The maximum atomic E-state index is 12.0. The van der Waals surface area contributed by atoms with Gasteiger partial charge in [0.25, 0.3) is 0 Å². The number of carbonyl (C=O) groups excluding carboxylic acids is 2. The zero-order valence-electron chi connectivity index (χ0n) is 13.3. The lowest BCUT2D eigenvalue weighted by Gasteiger charge is -2.34. The average molecular weight is 300 g/mol. The van der Waals surface area contributed by atoms with Gasteiger partial charge in [-0.25, -0.2) is 0 Å². The van der Waals surface area contributed by atoms with Gasteiger partial charge in [-0.2, -0.15) is 0 Å². The minimum atomic E-state index is -0.566. The summed E-state index contributed by atoms with van der Waals surface area (Å²) in [6, 6.07) is -0.566. The largest absolute Gasteiger partial charge is 0.383 e. The number of hydrogen-bond donors (Lipinski definition) is 2. The van der Waals surface area contributed by atoms with Crippen molar-refractivity contribution in [1.29, 1.82) is 0 Å². The lowest BCUT2D eigenvalue weighted by molar-refractivity contribution is -0.134. The fourth-order valence-corrected chi connectivity index (χ4v) is 2.14. The number of rotatable bonds is 7. The van der Waals surface area contributed by atoms with Crippen molar-refractivity contribution in [3.05, 3.63) is 0 Å². The van der Waals surface area contributed by atoms with Crippen LogP contribution in [0.4, 0.5) is 0 Å². The molecule has 21 heavy (non-hydrogen) atoms. The first-order valence-electron chi connectivity index (χ1n) is 7.48. The molecule has 0 spiro atoms. The number of methoxy groups -OCH3 is 1. The van der Waals surface area contributed by atoms with E-state index in [2.05, 4.69) is 10.2 Å². The zero-order valence-corrected chi connectivity index (χ0v) is 13.3. The number of nitrogens with zero attached hydrogens (tertiary/aromatic N) is 2. The Labute approximate surface area is 126 Å². The minimum absolute atomic E-state index is 0.0251. The number of hydrogen-bond acceptors (Lipinski definition) is 5. The lowest BCUT2D eigenvalue weighted by Crippen LogP contribution is -2.53. The van der Waals surface area contributed by atoms with Gasteiger partial charge in [-0.3, -0.25) is 14.5 Å². The second-order valence-electron chi connectivity index (χ2n) is 5.70. The molecule has 7 heteroatoms. The molecule has 0 aromatic carbocycles. The summed E-state index contributed by atoms with van der Waals surface area (Å²) in [4.78, 5) is 27.8. The molecule has 1 rings (SSSR count). The van der Waals surface area contributed by atoms with E-state index in [-0.39, 0.29) is 24.3 Å². The quantitative estimate of drug-likeness (QED) is 0.621. The van der Waals surface area contributed by atoms with Crippen LogP contribution in [-0.4, -0.2) is 80.6 Å². The van der Waals surface area contributed by atoms with Crippen LogP contribution in [0.1, 0.15) is 13.8 Å². The van der Waals surface area contributed by atoms with Crippen molar-refractivity contribution in [1.82, 2.24) is 15.1 Å². The molecular weight excluding hydrogens is 272 g/mol. The number of nitrogens with two attached hydrogens (primary N) is 1. The third-order valence-electron chi connectivity index (χ3n) is 3.77. The highest BCUT2D eigenvalue weighted by Gasteiger charge is 2.22. The third-order valence-corrected chi connectivity index (χ3v) is 3.77. The van der Waals surface area contributed by atoms with E-state index in [9.17, 15) is 9.59 Å². The van der Waals surface area contributed by atoms with Crippen molar-refractivity contribution in [2.45, 2.75) is 19.9 Å². The van der Waals surface area contributed by atoms with Crippen LogP contribution in [0.2, 0.25) is 0 Å². The highest BCUT2D eigenvalue weighted by atomic mass is 16.5. The molecule has 1 fully saturated rings. The second kappa shape index (κ2) is 8.96. The van der Waals surface area contributed by atoms with Crippen LogP contribution < -0.4 is 11.1 Å². The first kappa shape index (κ1) is 17.9. The van der Waals surface area contributed by atoms with Crippen molar-refractivity contribution in [3.8, 4) is 0 Å². The summed E-state index contributed by atoms with van der Waals surface area (Å²) in [5, 5.41) is 2.62. The standard InChI is InChI=1S/C14H28N4O3/c1-11(2)13(15)14(20)16-10-12(19)18-6-4-17(5-7-18)8-9-21-3/h11,13H,4-10,15H2,1-3H3,(H,16,20)/t13-/m0/s1. The summed E-state index contributed by atoms with van der Waals surface area (Å²) < 4.78 is 5.04.